The fraction of sp³-hybridized carbons (Fsp3) is 0.381. The Morgan fingerprint density at radius 2 is 1.75 bits per heavy atom. The van der Waals surface area contributed by atoms with Crippen molar-refractivity contribution in [2.24, 2.45) is 7.05 Å². The molecule has 0 spiro atoms. The van der Waals surface area contributed by atoms with Gasteiger partial charge in [0.05, 0.1) is 16.0 Å². The Balaban J connectivity index is 1.33. The van der Waals surface area contributed by atoms with Crippen molar-refractivity contribution in [1.29, 1.82) is 0 Å². The van der Waals surface area contributed by atoms with Gasteiger partial charge < -0.3 is 9.47 Å². The minimum Gasteiger partial charge on any atom is -0.331 e. The lowest BCUT2D eigenvalue weighted by Gasteiger charge is -2.34. The number of aryl methyl sites for hydroxylation is 1. The van der Waals surface area contributed by atoms with Gasteiger partial charge in [0.15, 0.2) is 0 Å². The topological polar surface area (TPSA) is 67.4 Å². The second kappa shape index (κ2) is 8.08. The molecule has 1 aliphatic heterocycles. The van der Waals surface area contributed by atoms with Crippen molar-refractivity contribution in [2.75, 3.05) is 32.7 Å². The molecule has 1 saturated heterocycles. The molecular formula is C21H25N5O2. The Bertz CT molecular complexity index is 962. The molecule has 1 fully saturated rings. The van der Waals surface area contributed by atoms with Gasteiger partial charge in [0.1, 0.15) is 5.82 Å². The minimum atomic E-state index is -0.372. The van der Waals surface area contributed by atoms with Crippen LogP contribution in [0.1, 0.15) is 11.4 Å². The molecule has 0 bridgehead atoms. The zero-order valence-electron chi connectivity index (χ0n) is 16.1. The number of fused-ring (bicyclic) bond motifs is 1. The second-order valence-corrected chi connectivity index (χ2v) is 7.37. The van der Waals surface area contributed by atoms with Crippen LogP contribution in [-0.4, -0.2) is 57.0 Å². The smallest absolute Gasteiger partial charge is 0.271 e. The molecule has 146 valence electrons. The minimum absolute atomic E-state index is 0.0895. The number of hydrogen-bond acceptors (Lipinski definition) is 5. The summed E-state index contributed by atoms with van der Waals surface area (Å²) in [6.07, 6.45) is 0.845. The van der Waals surface area contributed by atoms with Crippen molar-refractivity contribution < 1.29 is 4.92 Å². The molecule has 1 aromatic heterocycles. The molecule has 3 aromatic rings. The number of benzene rings is 2. The van der Waals surface area contributed by atoms with Crippen LogP contribution in [0.5, 0.6) is 0 Å². The van der Waals surface area contributed by atoms with Crippen molar-refractivity contribution in [1.82, 2.24) is 19.4 Å². The Kier molecular flexibility index (Phi) is 5.36. The van der Waals surface area contributed by atoms with E-state index in [-0.39, 0.29) is 10.6 Å². The van der Waals surface area contributed by atoms with E-state index in [1.807, 2.05) is 11.6 Å². The van der Waals surface area contributed by atoms with Crippen molar-refractivity contribution in [3.63, 3.8) is 0 Å². The van der Waals surface area contributed by atoms with Crippen molar-refractivity contribution >= 4 is 16.7 Å². The molecule has 2 heterocycles. The van der Waals surface area contributed by atoms with Gasteiger partial charge in [0.2, 0.25) is 0 Å². The van der Waals surface area contributed by atoms with Gasteiger partial charge in [-0.15, -0.1) is 0 Å². The predicted octanol–water partition coefficient (Wildman–Crippen LogP) is 2.84. The Hall–Kier alpha value is -2.77. The Morgan fingerprint density at radius 3 is 2.46 bits per heavy atom. The van der Waals surface area contributed by atoms with E-state index in [0.29, 0.717) is 5.52 Å². The number of nitro benzene ring substituents is 1. The molecule has 0 radical (unpaired) electrons. The highest BCUT2D eigenvalue weighted by Crippen LogP contribution is 2.21. The lowest BCUT2D eigenvalue weighted by Crippen LogP contribution is -2.46. The quantitative estimate of drug-likeness (QED) is 0.487. The highest BCUT2D eigenvalue weighted by Gasteiger charge is 2.18. The van der Waals surface area contributed by atoms with Crippen LogP contribution in [0.2, 0.25) is 0 Å². The van der Waals surface area contributed by atoms with Gasteiger partial charge in [-0.1, -0.05) is 30.3 Å². The van der Waals surface area contributed by atoms with E-state index in [9.17, 15) is 10.1 Å². The molecule has 4 rings (SSSR count). The lowest BCUT2D eigenvalue weighted by molar-refractivity contribution is -0.384. The summed E-state index contributed by atoms with van der Waals surface area (Å²) < 4.78 is 2.05. The second-order valence-electron chi connectivity index (χ2n) is 7.37. The molecule has 7 nitrogen and oxygen atoms in total. The van der Waals surface area contributed by atoms with Crippen molar-refractivity contribution in [2.45, 2.75) is 13.0 Å². The summed E-state index contributed by atoms with van der Waals surface area (Å²) in [7, 11) is 1.98. The molecule has 0 amide bonds. The van der Waals surface area contributed by atoms with Crippen LogP contribution in [-0.2, 0) is 20.0 Å². The number of nitro groups is 1. The van der Waals surface area contributed by atoms with Crippen LogP contribution in [0.25, 0.3) is 11.0 Å². The summed E-state index contributed by atoms with van der Waals surface area (Å²) >= 11 is 0. The zero-order chi connectivity index (χ0) is 19.5. The van der Waals surface area contributed by atoms with E-state index < -0.39 is 0 Å². The third kappa shape index (κ3) is 4.05. The zero-order valence-corrected chi connectivity index (χ0v) is 16.1. The molecule has 2 aromatic carbocycles. The van der Waals surface area contributed by atoms with Gasteiger partial charge in [-0.2, -0.15) is 0 Å². The third-order valence-electron chi connectivity index (χ3n) is 5.53. The van der Waals surface area contributed by atoms with Gasteiger partial charge in [-0.25, -0.2) is 4.98 Å². The van der Waals surface area contributed by atoms with Gasteiger partial charge in [0, 0.05) is 64.9 Å². The highest BCUT2D eigenvalue weighted by atomic mass is 16.6. The summed E-state index contributed by atoms with van der Waals surface area (Å²) in [4.78, 5) is 20.2. The van der Waals surface area contributed by atoms with E-state index in [1.54, 1.807) is 18.2 Å². The van der Waals surface area contributed by atoms with Crippen LogP contribution in [0.3, 0.4) is 0 Å². The van der Waals surface area contributed by atoms with Gasteiger partial charge >= 0.3 is 0 Å². The lowest BCUT2D eigenvalue weighted by atomic mass is 10.2. The molecule has 0 aliphatic carbocycles. The molecule has 0 saturated carbocycles. The number of piperazine rings is 1. The maximum atomic E-state index is 11.0. The molecule has 0 N–H and O–H groups in total. The van der Waals surface area contributed by atoms with E-state index in [1.165, 1.54) is 5.56 Å². The number of aromatic nitrogens is 2. The first kappa shape index (κ1) is 18.6. The van der Waals surface area contributed by atoms with Crippen LogP contribution >= 0.6 is 0 Å². The summed E-state index contributed by atoms with van der Waals surface area (Å²) in [5.41, 5.74) is 3.09. The maximum Gasteiger partial charge on any atom is 0.271 e. The average Bonchev–Trinajstić information content (AvgIpc) is 3.03. The monoisotopic (exact) mass is 379 g/mol. The van der Waals surface area contributed by atoms with Gasteiger partial charge in [-0.3, -0.25) is 15.0 Å². The average molecular weight is 379 g/mol. The summed E-state index contributed by atoms with van der Waals surface area (Å²) in [6.45, 7) is 6.23. The highest BCUT2D eigenvalue weighted by molar-refractivity contribution is 5.78. The van der Waals surface area contributed by atoms with Gasteiger partial charge in [-0.05, 0) is 11.6 Å². The molecule has 0 unspecified atom stereocenters. The number of hydrogen-bond donors (Lipinski definition) is 0. The number of imidazole rings is 1. The van der Waals surface area contributed by atoms with E-state index in [2.05, 4.69) is 45.1 Å². The SMILES string of the molecule is Cn1c(CCN2CCN(Cc3ccccc3)CC2)nc2cc([N+](=O)[O-])ccc21. The third-order valence-corrected chi connectivity index (χ3v) is 5.53. The van der Waals surface area contributed by atoms with E-state index in [4.69, 9.17) is 0 Å². The van der Waals surface area contributed by atoms with Crippen molar-refractivity contribution in [3.8, 4) is 0 Å². The van der Waals surface area contributed by atoms with Crippen LogP contribution in [0.15, 0.2) is 48.5 Å². The molecule has 28 heavy (non-hydrogen) atoms. The first-order chi connectivity index (χ1) is 13.6. The summed E-state index contributed by atoms with van der Waals surface area (Å²) in [6, 6.07) is 15.5. The first-order valence-corrected chi connectivity index (χ1v) is 9.68. The molecule has 7 heteroatoms. The Morgan fingerprint density at radius 1 is 1.04 bits per heavy atom. The molecular weight excluding hydrogens is 354 g/mol. The largest absolute Gasteiger partial charge is 0.331 e. The van der Waals surface area contributed by atoms with Crippen LogP contribution in [0, 0.1) is 10.1 Å². The number of nitrogens with zero attached hydrogens (tertiary/aromatic N) is 5. The van der Waals surface area contributed by atoms with Crippen molar-refractivity contribution in [3.05, 3.63) is 70.0 Å². The fourth-order valence-electron chi connectivity index (χ4n) is 3.85. The van der Waals surface area contributed by atoms with E-state index in [0.717, 1.165) is 57.0 Å². The standard InChI is InChI=1S/C21H25N5O2/c1-23-20-8-7-18(26(27)28)15-19(20)22-21(23)9-10-24-11-13-25(14-12-24)16-17-5-3-2-4-6-17/h2-8,15H,9-14,16H2,1H3. The molecule has 0 atom stereocenters. The van der Waals surface area contributed by atoms with Gasteiger partial charge in [0.25, 0.3) is 5.69 Å². The Labute approximate surface area is 164 Å². The molecule has 1 aliphatic rings. The van der Waals surface area contributed by atoms with E-state index >= 15 is 0 Å². The normalized spacial score (nSPS) is 15.9. The number of non-ortho nitro benzene ring substituents is 1. The summed E-state index contributed by atoms with van der Waals surface area (Å²) in [5, 5.41) is 11.0. The summed E-state index contributed by atoms with van der Waals surface area (Å²) in [5.74, 6) is 0.974. The number of rotatable bonds is 6. The predicted molar refractivity (Wildman–Crippen MR) is 109 cm³/mol. The maximum absolute atomic E-state index is 11.0. The first-order valence-electron chi connectivity index (χ1n) is 9.68. The van der Waals surface area contributed by atoms with Crippen LogP contribution < -0.4 is 0 Å². The fourth-order valence-corrected chi connectivity index (χ4v) is 3.85. The van der Waals surface area contributed by atoms with Crippen LogP contribution in [0.4, 0.5) is 5.69 Å².